The number of nitrogens with zero attached hydrogens (tertiary/aromatic N) is 4. The summed E-state index contributed by atoms with van der Waals surface area (Å²) in [4.78, 5) is 68.4. The van der Waals surface area contributed by atoms with E-state index in [1.165, 1.54) is 11.3 Å². The highest BCUT2D eigenvalue weighted by molar-refractivity contribution is 6.07. The summed E-state index contributed by atoms with van der Waals surface area (Å²) >= 11 is 0. The second kappa shape index (κ2) is 13.2. The van der Waals surface area contributed by atoms with Crippen LogP contribution in [0.3, 0.4) is 0 Å². The molecule has 2 unspecified atom stereocenters. The Morgan fingerprint density at radius 1 is 0.925 bits per heavy atom. The second-order valence-electron chi connectivity index (χ2n) is 11.3. The average molecular weight is 563 g/mol. The van der Waals surface area contributed by atoms with Gasteiger partial charge in [-0.3, -0.25) is 15.0 Å². The van der Waals surface area contributed by atoms with E-state index >= 15 is 0 Å². The fraction of sp³-hybridized carbons (Fsp3) is 0.769. The van der Waals surface area contributed by atoms with Gasteiger partial charge in [0, 0.05) is 58.3 Å². The number of guanidine groups is 1. The molecular weight excluding hydrogens is 520 g/mol. The summed E-state index contributed by atoms with van der Waals surface area (Å²) in [7, 11) is 0. The van der Waals surface area contributed by atoms with Crippen molar-refractivity contribution in [3.05, 3.63) is 0 Å². The number of imide groups is 1. The smallest absolute Gasteiger partial charge is 0.327 e. The van der Waals surface area contributed by atoms with E-state index in [2.05, 4.69) is 10.6 Å². The largest absolute Gasteiger partial charge is 0.480 e. The van der Waals surface area contributed by atoms with E-state index in [1.807, 2.05) is 0 Å². The first-order chi connectivity index (χ1) is 19.2. The van der Waals surface area contributed by atoms with E-state index in [0.29, 0.717) is 19.5 Å². The Morgan fingerprint density at radius 2 is 1.60 bits per heavy atom. The van der Waals surface area contributed by atoms with Gasteiger partial charge in [0.2, 0.25) is 11.8 Å². The molecule has 3 saturated heterocycles. The molecule has 3 atom stereocenters. The van der Waals surface area contributed by atoms with Crippen molar-refractivity contribution in [2.45, 2.75) is 69.9 Å². The van der Waals surface area contributed by atoms with Crippen molar-refractivity contribution in [3.63, 3.8) is 0 Å². The number of urea groups is 2. The molecule has 4 fully saturated rings. The zero-order chi connectivity index (χ0) is 28.8. The van der Waals surface area contributed by atoms with E-state index in [4.69, 9.17) is 11.1 Å². The van der Waals surface area contributed by atoms with Gasteiger partial charge in [0.05, 0.1) is 5.92 Å². The van der Waals surface area contributed by atoms with Crippen LogP contribution in [0.4, 0.5) is 9.59 Å². The van der Waals surface area contributed by atoms with Gasteiger partial charge in [-0.05, 0) is 38.0 Å². The minimum atomic E-state index is -1.22. The van der Waals surface area contributed by atoms with Gasteiger partial charge in [-0.15, -0.1) is 0 Å². The van der Waals surface area contributed by atoms with Gasteiger partial charge in [0.25, 0.3) is 0 Å². The van der Waals surface area contributed by atoms with Crippen LogP contribution in [0.15, 0.2) is 0 Å². The molecule has 3 heterocycles. The maximum absolute atomic E-state index is 13.1. The number of nitrogens with one attached hydrogen (secondary N) is 3. The van der Waals surface area contributed by atoms with Gasteiger partial charge in [0.1, 0.15) is 0 Å². The number of carboxylic acid groups (broad SMARTS) is 1. The maximum atomic E-state index is 13.1. The number of piperidine rings is 1. The molecule has 3 aliphatic heterocycles. The number of amides is 6. The lowest BCUT2D eigenvalue weighted by Gasteiger charge is -2.47. The summed E-state index contributed by atoms with van der Waals surface area (Å²) in [5.74, 6) is -2.65. The van der Waals surface area contributed by atoms with Crippen LogP contribution in [-0.4, -0.2) is 118 Å². The molecule has 0 aromatic rings. The zero-order valence-corrected chi connectivity index (χ0v) is 23.0. The first-order valence-electron chi connectivity index (χ1n) is 14.4. The van der Waals surface area contributed by atoms with Crippen LogP contribution in [0.5, 0.6) is 0 Å². The highest BCUT2D eigenvalue weighted by Gasteiger charge is 2.56. The Balaban J connectivity index is 1.20. The number of carbonyl (C=O) groups excluding carboxylic acids is 4. The molecule has 0 radical (unpaired) electrons. The Labute approximate surface area is 234 Å². The summed E-state index contributed by atoms with van der Waals surface area (Å²) in [6, 6.07) is -1.94. The molecule has 0 spiro atoms. The zero-order valence-electron chi connectivity index (χ0n) is 23.0. The van der Waals surface area contributed by atoms with Crippen molar-refractivity contribution in [2.75, 3.05) is 45.8 Å². The number of carbonyl (C=O) groups is 5. The Morgan fingerprint density at radius 3 is 2.25 bits per heavy atom. The third-order valence-electron chi connectivity index (χ3n) is 8.59. The molecule has 0 bridgehead atoms. The number of nitrogens with two attached hydrogens (primary N) is 1. The number of carboxylic acids is 1. The molecule has 6 amide bonds. The molecule has 0 aromatic carbocycles. The fourth-order valence-corrected chi connectivity index (χ4v) is 6.33. The number of piperazine rings is 1. The van der Waals surface area contributed by atoms with Crippen molar-refractivity contribution >= 4 is 35.8 Å². The lowest BCUT2D eigenvalue weighted by Crippen LogP contribution is -2.70. The van der Waals surface area contributed by atoms with Crippen LogP contribution in [0, 0.1) is 17.2 Å². The summed E-state index contributed by atoms with van der Waals surface area (Å²) in [6.45, 7) is 2.30. The van der Waals surface area contributed by atoms with Gasteiger partial charge >= 0.3 is 18.0 Å². The first-order valence-corrected chi connectivity index (χ1v) is 14.4. The van der Waals surface area contributed by atoms with Gasteiger partial charge in [-0.1, -0.05) is 19.3 Å². The van der Waals surface area contributed by atoms with Crippen molar-refractivity contribution in [1.29, 1.82) is 5.41 Å². The summed E-state index contributed by atoms with van der Waals surface area (Å²) < 4.78 is 0. The third kappa shape index (κ3) is 6.94. The van der Waals surface area contributed by atoms with Crippen molar-refractivity contribution in [2.24, 2.45) is 17.6 Å². The SMILES string of the molecule is N=C(N)N1CCCC(C[C@H]2C(=O)N(C(=O)N3CCN(C(=O)CCNC(=O)NC4CCCCC4)CC3)C2C(=O)O)C1. The van der Waals surface area contributed by atoms with Crippen LogP contribution in [0.2, 0.25) is 0 Å². The lowest BCUT2D eigenvalue weighted by atomic mass is 9.78. The van der Waals surface area contributed by atoms with Crippen molar-refractivity contribution in [1.82, 2.24) is 30.2 Å². The highest BCUT2D eigenvalue weighted by atomic mass is 16.4. The maximum Gasteiger partial charge on any atom is 0.327 e. The summed E-state index contributed by atoms with van der Waals surface area (Å²) in [6.07, 6.45) is 7.47. The van der Waals surface area contributed by atoms with Crippen molar-refractivity contribution in [3.8, 4) is 0 Å². The number of hydrogen-bond acceptors (Lipinski definition) is 6. The van der Waals surface area contributed by atoms with Crippen LogP contribution in [-0.2, 0) is 14.4 Å². The van der Waals surface area contributed by atoms with E-state index in [1.54, 1.807) is 9.80 Å². The molecule has 4 aliphatic rings. The molecule has 0 aromatic heterocycles. The monoisotopic (exact) mass is 562 g/mol. The number of hydrogen-bond donors (Lipinski definition) is 5. The molecule has 6 N–H and O–H groups in total. The molecule has 1 aliphatic carbocycles. The van der Waals surface area contributed by atoms with Crippen LogP contribution < -0.4 is 16.4 Å². The van der Waals surface area contributed by atoms with Crippen LogP contribution in [0.1, 0.15) is 57.8 Å². The van der Waals surface area contributed by atoms with Crippen LogP contribution in [0.25, 0.3) is 0 Å². The second-order valence-corrected chi connectivity index (χ2v) is 11.3. The van der Waals surface area contributed by atoms with E-state index in [9.17, 15) is 29.1 Å². The summed E-state index contributed by atoms with van der Waals surface area (Å²) in [5.41, 5.74) is 5.60. The molecule has 40 heavy (non-hydrogen) atoms. The lowest BCUT2D eigenvalue weighted by molar-refractivity contribution is -0.167. The Bertz CT molecular complexity index is 994. The van der Waals surface area contributed by atoms with E-state index in [0.717, 1.165) is 43.4 Å². The molecular formula is C26H42N8O6. The predicted molar refractivity (Wildman–Crippen MR) is 144 cm³/mol. The Kier molecular flexibility index (Phi) is 9.69. The quantitative estimate of drug-likeness (QED) is 0.165. The number of aliphatic carboxylic acids is 1. The van der Waals surface area contributed by atoms with Gasteiger partial charge in [0.15, 0.2) is 12.0 Å². The van der Waals surface area contributed by atoms with Gasteiger partial charge in [-0.25, -0.2) is 19.3 Å². The third-order valence-corrected chi connectivity index (χ3v) is 8.59. The minimum absolute atomic E-state index is 0.0214. The number of rotatable bonds is 7. The number of likely N-dealkylation sites (tertiary alicyclic amines) is 2. The molecule has 14 heteroatoms. The van der Waals surface area contributed by atoms with Gasteiger partial charge in [-0.2, -0.15) is 0 Å². The number of β-lactam (4-membered cyclic amide) rings is 1. The normalized spacial score (nSPS) is 25.7. The average Bonchev–Trinajstić information content (AvgIpc) is 2.94. The fourth-order valence-electron chi connectivity index (χ4n) is 6.33. The van der Waals surface area contributed by atoms with E-state index < -0.39 is 29.9 Å². The topological polar surface area (TPSA) is 192 Å². The Hall–Kier alpha value is -3.58. The molecule has 14 nitrogen and oxygen atoms in total. The molecule has 222 valence electrons. The van der Waals surface area contributed by atoms with Gasteiger partial charge < -0.3 is 36.2 Å². The minimum Gasteiger partial charge on any atom is -0.480 e. The highest BCUT2D eigenvalue weighted by Crippen LogP contribution is 2.36. The molecule has 1 saturated carbocycles. The van der Waals surface area contributed by atoms with Crippen molar-refractivity contribution < 1.29 is 29.1 Å². The van der Waals surface area contributed by atoms with Crippen LogP contribution >= 0.6 is 0 Å². The van der Waals surface area contributed by atoms with E-state index in [-0.39, 0.29) is 69.0 Å². The summed E-state index contributed by atoms with van der Waals surface area (Å²) in [5, 5.41) is 23.2. The molecule has 4 rings (SSSR count). The standard InChI is InChI=1S/C26H42N8O6/c27-24(28)33-10-4-5-17(16-33)15-19-21(23(37)38)34(22(19)36)26(40)32-13-11-31(12-14-32)20(35)8-9-29-25(39)30-18-6-2-1-3-7-18/h17-19,21H,1-16H2,(H3,27,28)(H,37,38)(H2,29,30,39)/t17?,19-,21?/m1/s1. The first kappa shape index (κ1) is 29.4. The predicted octanol–water partition coefficient (Wildman–Crippen LogP) is 0.180.